The molecule has 1 N–H and O–H groups in total. The zero-order valence-electron chi connectivity index (χ0n) is 5.42. The van der Waals surface area contributed by atoms with Crippen LogP contribution in [-0.2, 0) is 4.74 Å². The Morgan fingerprint density at radius 1 is 1.89 bits per heavy atom. The second-order valence-corrected chi connectivity index (χ2v) is 1.32. The Kier molecular flexibility index (Phi) is 4.37. The van der Waals surface area contributed by atoms with E-state index in [0.29, 0.717) is 6.61 Å². The lowest BCUT2D eigenvalue weighted by Gasteiger charge is -1.89. The topological polar surface area (TPSA) is 29.5 Å². The van der Waals surface area contributed by atoms with Crippen LogP contribution in [0, 0.1) is 0 Å². The normalized spacial score (nSPS) is 9.00. The molecule has 9 heavy (non-hydrogen) atoms. The summed E-state index contributed by atoms with van der Waals surface area (Å²) in [5.74, 6) is -0.0107. The molecule has 0 aromatic heterocycles. The average Bonchev–Trinajstić information content (AvgIpc) is 1.89. The third kappa shape index (κ3) is 4.72. The predicted octanol–water partition coefficient (Wildman–Crippen LogP) is 1.76. The molecule has 0 fully saturated rings. The van der Waals surface area contributed by atoms with E-state index in [0.717, 1.165) is 0 Å². The van der Waals surface area contributed by atoms with E-state index in [-0.39, 0.29) is 5.76 Å². The molecule has 0 aromatic carbocycles. The third-order valence-electron chi connectivity index (χ3n) is 0.670. The van der Waals surface area contributed by atoms with Gasteiger partial charge in [0.25, 0.3) is 0 Å². The zero-order chi connectivity index (χ0) is 7.11. The van der Waals surface area contributed by atoms with Crippen molar-refractivity contribution in [3.8, 4) is 0 Å². The minimum Gasteiger partial charge on any atom is -0.501 e. The minimum atomic E-state index is -0.0107. The first-order valence-electron chi connectivity index (χ1n) is 2.68. The molecule has 2 nitrogen and oxygen atoms in total. The van der Waals surface area contributed by atoms with Crippen LogP contribution < -0.4 is 0 Å². The van der Waals surface area contributed by atoms with Gasteiger partial charge in [0.2, 0.25) is 0 Å². The van der Waals surface area contributed by atoms with Crippen molar-refractivity contribution in [2.24, 2.45) is 0 Å². The molecule has 0 aliphatic heterocycles. The van der Waals surface area contributed by atoms with E-state index in [1.807, 2.05) is 6.92 Å². The van der Waals surface area contributed by atoms with Gasteiger partial charge in [-0.15, -0.1) is 0 Å². The van der Waals surface area contributed by atoms with Crippen LogP contribution in [0.5, 0.6) is 0 Å². The number of hydrogen-bond acceptors (Lipinski definition) is 2. The maximum atomic E-state index is 8.66. The monoisotopic (exact) mass is 126 g/mol. The van der Waals surface area contributed by atoms with Crippen molar-refractivity contribution < 1.29 is 9.84 Å². The van der Waals surface area contributed by atoms with E-state index in [1.54, 1.807) is 0 Å². The van der Waals surface area contributed by atoms with Gasteiger partial charge in [-0.05, 0) is 6.92 Å². The quantitative estimate of drug-likeness (QED) is 0.354. The molecule has 50 valence electrons. The Bertz CT molecular complexity index is 141. The lowest BCUT2D eigenvalue weighted by atomic mass is 10.5. The second kappa shape index (κ2) is 5.01. The average molecular weight is 126 g/mol. The van der Waals surface area contributed by atoms with Gasteiger partial charge in [0.15, 0.2) is 5.76 Å². The minimum absolute atomic E-state index is 0.0107. The number of aliphatic hydroxyl groups is 1. The highest BCUT2D eigenvalue weighted by Crippen LogP contribution is 1.86. The van der Waals surface area contributed by atoms with E-state index < -0.39 is 0 Å². The van der Waals surface area contributed by atoms with Crippen molar-refractivity contribution in [1.82, 2.24) is 0 Å². The molecule has 0 aliphatic carbocycles. The van der Waals surface area contributed by atoms with Crippen molar-refractivity contribution in [3.63, 3.8) is 0 Å². The Labute approximate surface area is 54.8 Å². The molecule has 0 spiro atoms. The van der Waals surface area contributed by atoms with Gasteiger partial charge in [-0.1, -0.05) is 12.3 Å². The van der Waals surface area contributed by atoms with Gasteiger partial charge in [-0.3, -0.25) is 0 Å². The van der Waals surface area contributed by atoms with E-state index in [9.17, 15) is 0 Å². The first-order valence-corrected chi connectivity index (χ1v) is 2.68. The summed E-state index contributed by atoms with van der Waals surface area (Å²) in [6, 6.07) is 0. The predicted molar refractivity (Wildman–Crippen MR) is 36.0 cm³/mol. The SMILES string of the molecule is C=C=C(O)/C=C/OCC. The summed E-state index contributed by atoms with van der Waals surface area (Å²) < 4.78 is 4.78. The van der Waals surface area contributed by atoms with Crippen molar-refractivity contribution in [2.45, 2.75) is 6.92 Å². The molecule has 0 saturated heterocycles. The van der Waals surface area contributed by atoms with Crippen molar-refractivity contribution in [3.05, 3.63) is 30.4 Å². The van der Waals surface area contributed by atoms with Gasteiger partial charge >= 0.3 is 0 Å². The molecule has 0 amide bonds. The Morgan fingerprint density at radius 3 is 3.00 bits per heavy atom. The molecule has 0 atom stereocenters. The van der Waals surface area contributed by atoms with Crippen LogP contribution >= 0.6 is 0 Å². The van der Waals surface area contributed by atoms with Crippen molar-refractivity contribution in [2.75, 3.05) is 6.61 Å². The van der Waals surface area contributed by atoms with Crippen LogP contribution in [0.2, 0.25) is 0 Å². The van der Waals surface area contributed by atoms with Crippen LogP contribution in [0.4, 0.5) is 0 Å². The van der Waals surface area contributed by atoms with Crippen molar-refractivity contribution in [1.29, 1.82) is 0 Å². The number of allylic oxidation sites excluding steroid dienone is 1. The molecule has 0 radical (unpaired) electrons. The van der Waals surface area contributed by atoms with Crippen LogP contribution in [0.15, 0.2) is 30.4 Å². The molecular weight excluding hydrogens is 116 g/mol. The fraction of sp³-hybridized carbons (Fsp3) is 0.286. The summed E-state index contributed by atoms with van der Waals surface area (Å²) in [5, 5.41) is 8.66. The summed E-state index contributed by atoms with van der Waals surface area (Å²) >= 11 is 0. The summed E-state index contributed by atoms with van der Waals surface area (Å²) in [4.78, 5) is 0. The lowest BCUT2D eigenvalue weighted by molar-refractivity contribution is 0.267. The van der Waals surface area contributed by atoms with Crippen LogP contribution in [0.3, 0.4) is 0 Å². The second-order valence-electron chi connectivity index (χ2n) is 1.32. The molecule has 0 heterocycles. The summed E-state index contributed by atoms with van der Waals surface area (Å²) in [5.41, 5.74) is 2.28. The van der Waals surface area contributed by atoms with Crippen LogP contribution in [-0.4, -0.2) is 11.7 Å². The number of rotatable bonds is 3. The number of hydrogen-bond donors (Lipinski definition) is 1. The highest BCUT2D eigenvalue weighted by atomic mass is 16.5. The molecule has 2 heteroatoms. The standard InChI is InChI=1S/C7H10O2/c1-3-7(8)5-6-9-4-2/h5-6,8H,1,4H2,2H3/b6-5+. The van der Waals surface area contributed by atoms with Crippen LogP contribution in [0.1, 0.15) is 6.92 Å². The third-order valence-corrected chi connectivity index (χ3v) is 0.670. The summed E-state index contributed by atoms with van der Waals surface area (Å²) in [6.07, 6.45) is 2.78. The molecule has 0 unspecified atom stereocenters. The molecule has 0 bridgehead atoms. The lowest BCUT2D eigenvalue weighted by Crippen LogP contribution is -1.77. The molecular formula is C7H10O2. The van der Waals surface area contributed by atoms with E-state index in [2.05, 4.69) is 12.3 Å². The van der Waals surface area contributed by atoms with E-state index in [4.69, 9.17) is 9.84 Å². The zero-order valence-corrected chi connectivity index (χ0v) is 5.42. The Hall–Kier alpha value is -1.14. The number of aliphatic hydroxyl groups excluding tert-OH is 1. The highest BCUT2D eigenvalue weighted by Gasteiger charge is 1.76. The van der Waals surface area contributed by atoms with Gasteiger partial charge in [0.1, 0.15) is 0 Å². The van der Waals surface area contributed by atoms with Gasteiger partial charge in [0.05, 0.1) is 12.9 Å². The van der Waals surface area contributed by atoms with Gasteiger partial charge in [0, 0.05) is 6.08 Å². The largest absolute Gasteiger partial charge is 0.501 e. The fourth-order valence-electron chi connectivity index (χ4n) is 0.268. The van der Waals surface area contributed by atoms with E-state index in [1.165, 1.54) is 12.3 Å². The molecule has 0 aliphatic rings. The molecule has 0 aromatic rings. The maximum absolute atomic E-state index is 8.66. The first kappa shape index (κ1) is 7.86. The van der Waals surface area contributed by atoms with Gasteiger partial charge < -0.3 is 9.84 Å². The Morgan fingerprint density at radius 2 is 2.56 bits per heavy atom. The Balaban J connectivity index is 3.57. The van der Waals surface area contributed by atoms with Gasteiger partial charge in [-0.2, -0.15) is 0 Å². The summed E-state index contributed by atoms with van der Waals surface area (Å²) in [7, 11) is 0. The summed E-state index contributed by atoms with van der Waals surface area (Å²) in [6.45, 7) is 5.68. The molecule has 0 saturated carbocycles. The number of ether oxygens (including phenoxy) is 1. The first-order chi connectivity index (χ1) is 4.31. The van der Waals surface area contributed by atoms with E-state index >= 15 is 0 Å². The van der Waals surface area contributed by atoms with Crippen molar-refractivity contribution >= 4 is 0 Å². The van der Waals surface area contributed by atoms with Gasteiger partial charge in [-0.25, -0.2) is 0 Å². The highest BCUT2D eigenvalue weighted by molar-refractivity contribution is 5.05. The maximum Gasteiger partial charge on any atom is 0.161 e. The smallest absolute Gasteiger partial charge is 0.161 e. The molecule has 0 rings (SSSR count). The van der Waals surface area contributed by atoms with Crippen LogP contribution in [0.25, 0.3) is 0 Å². The fourth-order valence-corrected chi connectivity index (χ4v) is 0.268.